The Balaban J connectivity index is 1.92. The fraction of sp³-hybridized carbons (Fsp3) is 0.500. The molecule has 1 aromatic carbocycles. The van der Waals surface area contributed by atoms with E-state index in [4.69, 9.17) is 0 Å². The molecule has 1 aliphatic carbocycles. The fourth-order valence-electron chi connectivity index (χ4n) is 2.06. The van der Waals surface area contributed by atoms with E-state index in [0.29, 0.717) is 12.6 Å². The number of halogens is 1. The molecule has 0 radical (unpaired) electrons. The normalized spacial score (nSPS) is 14.4. The SMILES string of the molecule is CCN(C(=O)CNc1ccc(C)cc1Br)C1CC1. The van der Waals surface area contributed by atoms with E-state index in [1.54, 1.807) is 0 Å². The van der Waals surface area contributed by atoms with Crippen molar-refractivity contribution in [2.75, 3.05) is 18.4 Å². The lowest BCUT2D eigenvalue weighted by molar-refractivity contribution is -0.129. The summed E-state index contributed by atoms with van der Waals surface area (Å²) >= 11 is 3.51. The van der Waals surface area contributed by atoms with Crippen molar-refractivity contribution in [1.29, 1.82) is 0 Å². The molecule has 98 valence electrons. The van der Waals surface area contributed by atoms with Gasteiger partial charge in [0.05, 0.1) is 6.54 Å². The monoisotopic (exact) mass is 310 g/mol. The number of nitrogens with one attached hydrogen (secondary N) is 1. The molecule has 0 unspecified atom stereocenters. The third-order valence-corrected chi connectivity index (χ3v) is 3.86. The van der Waals surface area contributed by atoms with E-state index in [1.807, 2.05) is 36.9 Å². The van der Waals surface area contributed by atoms with Gasteiger partial charge in [-0.3, -0.25) is 4.79 Å². The average Bonchev–Trinajstić information content (AvgIpc) is 3.13. The van der Waals surface area contributed by atoms with E-state index in [0.717, 1.165) is 29.5 Å². The number of likely N-dealkylation sites (N-methyl/N-ethyl adjacent to an activating group) is 1. The molecule has 2 rings (SSSR count). The molecule has 0 saturated heterocycles. The molecule has 0 heterocycles. The van der Waals surface area contributed by atoms with Gasteiger partial charge in [0.1, 0.15) is 0 Å². The minimum Gasteiger partial charge on any atom is -0.375 e. The molecule has 0 aromatic heterocycles. The minimum absolute atomic E-state index is 0.187. The zero-order chi connectivity index (χ0) is 13.1. The highest BCUT2D eigenvalue weighted by atomic mass is 79.9. The maximum atomic E-state index is 12.1. The van der Waals surface area contributed by atoms with Crippen LogP contribution in [0.4, 0.5) is 5.69 Å². The van der Waals surface area contributed by atoms with Crippen molar-refractivity contribution >= 4 is 27.5 Å². The van der Waals surface area contributed by atoms with Crippen LogP contribution in [-0.4, -0.2) is 29.9 Å². The summed E-state index contributed by atoms with van der Waals surface area (Å²) in [5.74, 6) is 0.187. The number of hydrogen-bond acceptors (Lipinski definition) is 2. The van der Waals surface area contributed by atoms with E-state index in [-0.39, 0.29) is 5.91 Å². The van der Waals surface area contributed by atoms with Crippen molar-refractivity contribution in [2.45, 2.75) is 32.7 Å². The smallest absolute Gasteiger partial charge is 0.242 e. The Kier molecular flexibility index (Phi) is 4.27. The van der Waals surface area contributed by atoms with E-state index in [9.17, 15) is 4.79 Å². The first-order valence-corrected chi connectivity index (χ1v) is 7.20. The Morgan fingerprint density at radius 3 is 2.78 bits per heavy atom. The van der Waals surface area contributed by atoms with Crippen LogP contribution in [0.3, 0.4) is 0 Å². The zero-order valence-electron chi connectivity index (χ0n) is 10.9. The number of rotatable bonds is 5. The van der Waals surface area contributed by atoms with Crippen LogP contribution in [-0.2, 0) is 4.79 Å². The lowest BCUT2D eigenvalue weighted by Gasteiger charge is -2.21. The molecule has 3 nitrogen and oxygen atoms in total. The number of hydrogen-bond donors (Lipinski definition) is 1. The lowest BCUT2D eigenvalue weighted by atomic mass is 10.2. The van der Waals surface area contributed by atoms with Crippen LogP contribution in [0.1, 0.15) is 25.3 Å². The van der Waals surface area contributed by atoms with Crippen LogP contribution in [0, 0.1) is 6.92 Å². The molecule has 18 heavy (non-hydrogen) atoms. The molecule has 0 atom stereocenters. The molecule has 1 saturated carbocycles. The second kappa shape index (κ2) is 5.74. The Morgan fingerprint density at radius 1 is 1.50 bits per heavy atom. The first kappa shape index (κ1) is 13.4. The summed E-state index contributed by atoms with van der Waals surface area (Å²) < 4.78 is 1.00. The third-order valence-electron chi connectivity index (χ3n) is 3.20. The number of anilines is 1. The van der Waals surface area contributed by atoms with Crippen LogP contribution in [0.25, 0.3) is 0 Å². The second-order valence-corrected chi connectivity index (χ2v) is 5.60. The molecular weight excluding hydrogens is 292 g/mol. The van der Waals surface area contributed by atoms with Gasteiger partial charge >= 0.3 is 0 Å². The number of nitrogens with zero attached hydrogens (tertiary/aromatic N) is 1. The first-order valence-electron chi connectivity index (χ1n) is 6.41. The topological polar surface area (TPSA) is 32.3 Å². The van der Waals surface area contributed by atoms with E-state index < -0.39 is 0 Å². The van der Waals surface area contributed by atoms with Gasteiger partial charge in [-0.05, 0) is 60.3 Å². The Bertz CT molecular complexity index is 443. The number of aryl methyl sites for hydroxylation is 1. The summed E-state index contributed by atoms with van der Waals surface area (Å²) in [6.07, 6.45) is 2.32. The molecule has 1 aliphatic rings. The van der Waals surface area contributed by atoms with Crippen molar-refractivity contribution in [2.24, 2.45) is 0 Å². The number of amides is 1. The second-order valence-electron chi connectivity index (χ2n) is 4.75. The standard InChI is InChI=1S/C14H19BrN2O/c1-3-17(11-5-6-11)14(18)9-16-13-7-4-10(2)8-12(13)15/h4,7-8,11,16H,3,5-6,9H2,1-2H3. The zero-order valence-corrected chi connectivity index (χ0v) is 12.5. The van der Waals surface area contributed by atoms with Gasteiger partial charge < -0.3 is 10.2 Å². The highest BCUT2D eigenvalue weighted by Crippen LogP contribution is 2.27. The quantitative estimate of drug-likeness (QED) is 0.906. The van der Waals surface area contributed by atoms with Gasteiger partial charge in [-0.25, -0.2) is 0 Å². The molecule has 1 amide bonds. The summed E-state index contributed by atoms with van der Waals surface area (Å²) in [5, 5.41) is 3.20. The van der Waals surface area contributed by atoms with E-state index >= 15 is 0 Å². The van der Waals surface area contributed by atoms with Crippen LogP contribution in [0.15, 0.2) is 22.7 Å². The van der Waals surface area contributed by atoms with Crippen molar-refractivity contribution in [3.63, 3.8) is 0 Å². The van der Waals surface area contributed by atoms with Gasteiger partial charge in [-0.2, -0.15) is 0 Å². The van der Waals surface area contributed by atoms with Crippen molar-refractivity contribution in [3.8, 4) is 0 Å². The molecule has 0 bridgehead atoms. The predicted molar refractivity (Wildman–Crippen MR) is 77.8 cm³/mol. The molecule has 1 N–H and O–H groups in total. The summed E-state index contributed by atoms with van der Waals surface area (Å²) in [5.41, 5.74) is 2.17. The maximum Gasteiger partial charge on any atom is 0.242 e. The van der Waals surface area contributed by atoms with Crippen molar-refractivity contribution in [1.82, 2.24) is 4.90 Å². The molecule has 4 heteroatoms. The third kappa shape index (κ3) is 3.25. The maximum absolute atomic E-state index is 12.1. The predicted octanol–water partition coefficient (Wildman–Crippen LogP) is 3.18. The van der Waals surface area contributed by atoms with Gasteiger partial charge in [-0.15, -0.1) is 0 Å². The Labute approximate surface area is 117 Å². The van der Waals surface area contributed by atoms with Crippen LogP contribution < -0.4 is 5.32 Å². The van der Waals surface area contributed by atoms with E-state index in [2.05, 4.69) is 21.2 Å². The summed E-state index contributed by atoms with van der Waals surface area (Å²) in [6.45, 7) is 5.26. The molecule has 0 spiro atoms. The Hall–Kier alpha value is -1.03. The van der Waals surface area contributed by atoms with Crippen LogP contribution in [0.5, 0.6) is 0 Å². The van der Waals surface area contributed by atoms with Gasteiger partial charge in [-0.1, -0.05) is 6.07 Å². The molecular formula is C14H19BrN2O. The minimum atomic E-state index is 0.187. The number of carbonyl (C=O) groups is 1. The average molecular weight is 311 g/mol. The fourth-order valence-corrected chi connectivity index (χ4v) is 2.69. The highest BCUT2D eigenvalue weighted by molar-refractivity contribution is 9.10. The van der Waals surface area contributed by atoms with Crippen LogP contribution in [0.2, 0.25) is 0 Å². The summed E-state index contributed by atoms with van der Waals surface area (Å²) in [4.78, 5) is 14.0. The van der Waals surface area contributed by atoms with Crippen molar-refractivity contribution < 1.29 is 4.79 Å². The molecule has 1 fully saturated rings. The Morgan fingerprint density at radius 2 is 2.22 bits per heavy atom. The van der Waals surface area contributed by atoms with Gasteiger partial charge in [0.25, 0.3) is 0 Å². The van der Waals surface area contributed by atoms with Crippen LogP contribution >= 0.6 is 15.9 Å². The summed E-state index contributed by atoms with van der Waals surface area (Å²) in [7, 11) is 0. The van der Waals surface area contributed by atoms with E-state index in [1.165, 1.54) is 5.56 Å². The van der Waals surface area contributed by atoms with Gasteiger partial charge in [0, 0.05) is 22.7 Å². The molecule has 1 aromatic rings. The number of carbonyl (C=O) groups excluding carboxylic acids is 1. The largest absolute Gasteiger partial charge is 0.375 e. The molecule has 0 aliphatic heterocycles. The van der Waals surface area contributed by atoms with Gasteiger partial charge in [0.2, 0.25) is 5.91 Å². The highest BCUT2D eigenvalue weighted by Gasteiger charge is 2.30. The first-order chi connectivity index (χ1) is 8.61. The van der Waals surface area contributed by atoms with Gasteiger partial charge in [0.15, 0.2) is 0 Å². The van der Waals surface area contributed by atoms with Crippen molar-refractivity contribution in [3.05, 3.63) is 28.2 Å². The number of benzene rings is 1. The summed E-state index contributed by atoms with van der Waals surface area (Å²) in [6, 6.07) is 6.58. The lowest BCUT2D eigenvalue weighted by Crippen LogP contribution is -2.37.